The molecule has 1 fully saturated rings. The lowest BCUT2D eigenvalue weighted by Gasteiger charge is -2.14. The van der Waals surface area contributed by atoms with Crippen LogP contribution in [-0.4, -0.2) is 46.1 Å². The van der Waals surface area contributed by atoms with Crippen LogP contribution < -0.4 is 5.32 Å². The molecule has 2 rings (SSSR count). The van der Waals surface area contributed by atoms with Crippen LogP contribution >= 0.6 is 0 Å². The van der Waals surface area contributed by atoms with Crippen molar-refractivity contribution in [2.45, 2.75) is 23.8 Å². The Bertz CT molecular complexity index is 522. The van der Waals surface area contributed by atoms with Crippen molar-refractivity contribution >= 4 is 15.7 Å². The summed E-state index contributed by atoms with van der Waals surface area (Å²) in [5.74, 6) is 0. The molecule has 1 aliphatic rings. The number of nitrogens with one attached hydrogen (secondary N) is 1. The topological polar surface area (TPSA) is 58.6 Å². The first-order chi connectivity index (χ1) is 9.00. The van der Waals surface area contributed by atoms with Crippen LogP contribution in [0.15, 0.2) is 29.2 Å². The van der Waals surface area contributed by atoms with Gasteiger partial charge in [-0.25, -0.2) is 12.7 Å². The lowest BCUT2D eigenvalue weighted by atomic mass is 10.2. The van der Waals surface area contributed by atoms with Gasteiger partial charge >= 0.3 is 0 Å². The summed E-state index contributed by atoms with van der Waals surface area (Å²) in [5, 5.41) is 3.23. The van der Waals surface area contributed by atoms with Crippen molar-refractivity contribution in [3.63, 3.8) is 0 Å². The zero-order valence-corrected chi connectivity index (χ0v) is 12.1. The normalized spacial score (nSPS) is 19.8. The number of hydrogen-bond donors (Lipinski definition) is 1. The van der Waals surface area contributed by atoms with Gasteiger partial charge in [0.05, 0.1) is 11.0 Å². The molecule has 0 amide bonds. The molecule has 1 saturated heterocycles. The number of anilines is 1. The quantitative estimate of drug-likeness (QED) is 0.891. The predicted octanol–water partition coefficient (Wildman–Crippen LogP) is 1.53. The summed E-state index contributed by atoms with van der Waals surface area (Å²) >= 11 is 0. The third-order valence-corrected chi connectivity index (χ3v) is 4.98. The Morgan fingerprint density at radius 2 is 2.21 bits per heavy atom. The molecule has 0 saturated carbocycles. The van der Waals surface area contributed by atoms with E-state index in [9.17, 15) is 8.42 Å². The molecule has 1 heterocycles. The van der Waals surface area contributed by atoms with Crippen LogP contribution in [0.1, 0.15) is 12.8 Å². The second-order valence-electron chi connectivity index (χ2n) is 4.83. The summed E-state index contributed by atoms with van der Waals surface area (Å²) in [7, 11) is -0.316. The largest absolute Gasteiger partial charge is 0.382 e. The van der Waals surface area contributed by atoms with Crippen molar-refractivity contribution in [1.82, 2.24) is 4.31 Å². The maximum atomic E-state index is 12.0. The van der Waals surface area contributed by atoms with Crippen LogP contribution in [0.2, 0.25) is 0 Å². The van der Waals surface area contributed by atoms with Crippen LogP contribution in [0.3, 0.4) is 0 Å². The number of rotatable bonds is 5. The van der Waals surface area contributed by atoms with Gasteiger partial charge in [0.2, 0.25) is 10.0 Å². The second kappa shape index (κ2) is 5.90. The van der Waals surface area contributed by atoms with Gasteiger partial charge in [0.15, 0.2) is 0 Å². The van der Waals surface area contributed by atoms with Gasteiger partial charge in [0.25, 0.3) is 0 Å². The summed E-state index contributed by atoms with van der Waals surface area (Å²) in [4.78, 5) is 0.301. The van der Waals surface area contributed by atoms with E-state index >= 15 is 0 Å². The Hall–Kier alpha value is -1.11. The molecule has 5 nitrogen and oxygen atoms in total. The minimum Gasteiger partial charge on any atom is -0.382 e. The summed E-state index contributed by atoms with van der Waals surface area (Å²) < 4.78 is 30.8. The molecule has 1 atom stereocenters. The van der Waals surface area contributed by atoms with Crippen molar-refractivity contribution in [1.29, 1.82) is 0 Å². The van der Waals surface area contributed by atoms with E-state index in [1.807, 2.05) is 6.07 Å². The van der Waals surface area contributed by atoms with E-state index in [1.165, 1.54) is 18.4 Å². The van der Waals surface area contributed by atoms with Gasteiger partial charge in [0, 0.05) is 32.9 Å². The van der Waals surface area contributed by atoms with E-state index in [-0.39, 0.29) is 6.10 Å². The maximum Gasteiger partial charge on any atom is 0.242 e. The summed E-state index contributed by atoms with van der Waals surface area (Å²) in [5.41, 5.74) is 0.804. The van der Waals surface area contributed by atoms with Gasteiger partial charge in [-0.3, -0.25) is 0 Å². The molecular weight excluding hydrogens is 264 g/mol. The fourth-order valence-electron chi connectivity index (χ4n) is 2.01. The monoisotopic (exact) mass is 284 g/mol. The molecule has 0 aromatic heterocycles. The number of hydrogen-bond acceptors (Lipinski definition) is 4. The highest BCUT2D eigenvalue weighted by Gasteiger charge is 2.18. The fraction of sp³-hybridized carbons (Fsp3) is 0.538. The van der Waals surface area contributed by atoms with E-state index < -0.39 is 10.0 Å². The Morgan fingerprint density at radius 1 is 1.42 bits per heavy atom. The van der Waals surface area contributed by atoms with Crippen molar-refractivity contribution < 1.29 is 13.2 Å². The highest BCUT2D eigenvalue weighted by Crippen LogP contribution is 2.19. The van der Waals surface area contributed by atoms with E-state index in [0.717, 1.165) is 25.1 Å². The van der Waals surface area contributed by atoms with Crippen LogP contribution in [0.25, 0.3) is 0 Å². The smallest absolute Gasteiger partial charge is 0.242 e. The molecule has 106 valence electrons. The Kier molecular flexibility index (Phi) is 4.44. The van der Waals surface area contributed by atoms with Crippen LogP contribution in [0.5, 0.6) is 0 Å². The zero-order chi connectivity index (χ0) is 13.9. The van der Waals surface area contributed by atoms with Gasteiger partial charge in [-0.1, -0.05) is 6.07 Å². The van der Waals surface area contributed by atoms with Crippen LogP contribution in [-0.2, 0) is 14.8 Å². The van der Waals surface area contributed by atoms with Crippen molar-refractivity contribution in [3.05, 3.63) is 24.3 Å². The minimum absolute atomic E-state index is 0.231. The molecule has 0 bridgehead atoms. The predicted molar refractivity (Wildman–Crippen MR) is 74.8 cm³/mol. The molecular formula is C13H20N2O3S. The molecule has 19 heavy (non-hydrogen) atoms. The van der Waals surface area contributed by atoms with E-state index in [0.29, 0.717) is 11.4 Å². The first-order valence-electron chi connectivity index (χ1n) is 6.38. The third kappa shape index (κ3) is 3.46. The van der Waals surface area contributed by atoms with Crippen molar-refractivity contribution in [2.24, 2.45) is 0 Å². The maximum absolute atomic E-state index is 12.0. The van der Waals surface area contributed by atoms with Crippen molar-refractivity contribution in [3.8, 4) is 0 Å². The lowest BCUT2D eigenvalue weighted by Crippen LogP contribution is -2.22. The minimum atomic E-state index is -3.37. The lowest BCUT2D eigenvalue weighted by molar-refractivity contribution is 0.120. The average molecular weight is 284 g/mol. The molecule has 1 N–H and O–H groups in total. The number of ether oxygens (including phenoxy) is 1. The van der Waals surface area contributed by atoms with Gasteiger partial charge in [-0.15, -0.1) is 0 Å². The highest BCUT2D eigenvalue weighted by molar-refractivity contribution is 7.89. The van der Waals surface area contributed by atoms with E-state index in [2.05, 4.69) is 5.32 Å². The van der Waals surface area contributed by atoms with Crippen LogP contribution in [0, 0.1) is 0 Å². The molecule has 6 heteroatoms. The fourth-order valence-corrected chi connectivity index (χ4v) is 2.96. The standard InChI is InChI=1S/C13H20N2O3S/c1-15(2)19(16,17)13-7-3-5-11(9-13)14-10-12-6-4-8-18-12/h3,5,7,9,12,14H,4,6,8,10H2,1-2H3. The molecule has 0 spiro atoms. The third-order valence-electron chi connectivity index (χ3n) is 3.17. The second-order valence-corrected chi connectivity index (χ2v) is 6.98. The highest BCUT2D eigenvalue weighted by atomic mass is 32.2. The molecule has 1 unspecified atom stereocenters. The Balaban J connectivity index is 2.06. The molecule has 1 aromatic carbocycles. The first kappa shape index (κ1) is 14.3. The van der Waals surface area contributed by atoms with Gasteiger partial charge < -0.3 is 10.1 Å². The first-order valence-corrected chi connectivity index (χ1v) is 7.82. The Labute approximate surface area is 114 Å². The van der Waals surface area contributed by atoms with Crippen LogP contribution in [0.4, 0.5) is 5.69 Å². The number of benzene rings is 1. The molecule has 1 aliphatic heterocycles. The van der Waals surface area contributed by atoms with E-state index in [1.54, 1.807) is 18.2 Å². The average Bonchev–Trinajstić information content (AvgIpc) is 2.89. The summed E-state index contributed by atoms with van der Waals surface area (Å²) in [6.45, 7) is 1.53. The number of sulfonamides is 1. The molecule has 1 aromatic rings. The SMILES string of the molecule is CN(C)S(=O)(=O)c1cccc(NCC2CCCO2)c1. The van der Waals surface area contributed by atoms with E-state index in [4.69, 9.17) is 4.74 Å². The van der Waals surface area contributed by atoms with Gasteiger partial charge in [0.1, 0.15) is 0 Å². The van der Waals surface area contributed by atoms with Gasteiger partial charge in [-0.05, 0) is 31.0 Å². The van der Waals surface area contributed by atoms with Crippen molar-refractivity contribution in [2.75, 3.05) is 32.6 Å². The Morgan fingerprint density at radius 3 is 2.84 bits per heavy atom. The summed E-state index contributed by atoms with van der Waals surface area (Å²) in [6.07, 6.45) is 2.39. The molecule has 0 radical (unpaired) electrons. The molecule has 0 aliphatic carbocycles. The number of nitrogens with zero attached hydrogens (tertiary/aromatic N) is 1. The zero-order valence-electron chi connectivity index (χ0n) is 11.3. The van der Waals surface area contributed by atoms with Gasteiger partial charge in [-0.2, -0.15) is 0 Å². The summed E-state index contributed by atoms with van der Waals surface area (Å²) in [6, 6.07) is 6.87.